The standard InChI is InChI=1S/C8H20N2O3S/c1-8(2)13-6-5-10-14(11,12)7-3-4-9/h8,10H,3-7,9H2,1-2H3. The largest absolute Gasteiger partial charge is 0.377 e. The topological polar surface area (TPSA) is 81.4 Å². The van der Waals surface area contributed by atoms with Crippen LogP contribution in [0.25, 0.3) is 0 Å². The van der Waals surface area contributed by atoms with Crippen LogP contribution in [0.3, 0.4) is 0 Å². The first kappa shape index (κ1) is 13.8. The third-order valence-corrected chi connectivity index (χ3v) is 2.96. The lowest BCUT2D eigenvalue weighted by Crippen LogP contribution is -2.30. The SMILES string of the molecule is CC(C)OCCNS(=O)(=O)CCCN. The van der Waals surface area contributed by atoms with Crippen molar-refractivity contribution in [3.8, 4) is 0 Å². The predicted octanol–water partition coefficient (Wildman–Crippen LogP) is -0.320. The second-order valence-corrected chi connectivity index (χ2v) is 5.20. The highest BCUT2D eigenvalue weighted by Crippen LogP contribution is 1.89. The third-order valence-electron chi connectivity index (χ3n) is 1.49. The normalized spacial score (nSPS) is 12.3. The molecule has 0 aromatic carbocycles. The lowest BCUT2D eigenvalue weighted by Gasteiger charge is -2.08. The first-order valence-corrected chi connectivity index (χ1v) is 6.42. The smallest absolute Gasteiger partial charge is 0.211 e. The van der Waals surface area contributed by atoms with Crippen molar-refractivity contribution in [2.24, 2.45) is 5.73 Å². The summed E-state index contributed by atoms with van der Waals surface area (Å²) in [6.07, 6.45) is 0.615. The van der Waals surface area contributed by atoms with E-state index in [1.54, 1.807) is 0 Å². The molecule has 0 heterocycles. The Morgan fingerprint density at radius 3 is 2.57 bits per heavy atom. The van der Waals surface area contributed by atoms with Gasteiger partial charge in [0.2, 0.25) is 10.0 Å². The molecule has 0 rings (SSSR count). The Balaban J connectivity index is 3.56. The van der Waals surface area contributed by atoms with Gasteiger partial charge in [-0.2, -0.15) is 0 Å². The molecule has 6 heteroatoms. The zero-order valence-corrected chi connectivity index (χ0v) is 9.64. The molecule has 0 bridgehead atoms. The number of ether oxygens (including phenoxy) is 1. The number of nitrogens with one attached hydrogen (secondary N) is 1. The molecule has 0 atom stereocenters. The van der Waals surface area contributed by atoms with Crippen LogP contribution in [0, 0.1) is 0 Å². The Hall–Kier alpha value is -0.170. The van der Waals surface area contributed by atoms with Crippen LogP contribution >= 0.6 is 0 Å². The van der Waals surface area contributed by atoms with Gasteiger partial charge in [-0.1, -0.05) is 0 Å². The highest BCUT2D eigenvalue weighted by molar-refractivity contribution is 7.89. The molecule has 0 aromatic heterocycles. The highest BCUT2D eigenvalue weighted by Gasteiger charge is 2.07. The Labute approximate surface area is 86.1 Å². The second kappa shape index (κ2) is 7.17. The molecule has 0 amide bonds. The third kappa shape index (κ3) is 8.43. The van der Waals surface area contributed by atoms with Gasteiger partial charge in [-0.15, -0.1) is 0 Å². The van der Waals surface area contributed by atoms with Crippen LogP contribution < -0.4 is 10.5 Å². The van der Waals surface area contributed by atoms with Crippen molar-refractivity contribution in [3.05, 3.63) is 0 Å². The molecule has 0 spiro atoms. The van der Waals surface area contributed by atoms with Crippen molar-refractivity contribution in [1.82, 2.24) is 4.72 Å². The van der Waals surface area contributed by atoms with E-state index >= 15 is 0 Å². The quantitative estimate of drug-likeness (QED) is 0.554. The molecule has 0 saturated carbocycles. The molecule has 0 saturated heterocycles. The fourth-order valence-electron chi connectivity index (χ4n) is 0.837. The maximum absolute atomic E-state index is 11.2. The summed E-state index contributed by atoms with van der Waals surface area (Å²) >= 11 is 0. The fraction of sp³-hybridized carbons (Fsp3) is 1.00. The van der Waals surface area contributed by atoms with Crippen molar-refractivity contribution in [2.45, 2.75) is 26.4 Å². The van der Waals surface area contributed by atoms with Crippen LogP contribution in [0.15, 0.2) is 0 Å². The number of nitrogens with two attached hydrogens (primary N) is 1. The van der Waals surface area contributed by atoms with Crippen LogP contribution in [-0.4, -0.2) is 40.0 Å². The van der Waals surface area contributed by atoms with Gasteiger partial charge in [-0.05, 0) is 26.8 Å². The van der Waals surface area contributed by atoms with E-state index in [0.717, 1.165) is 0 Å². The first-order valence-electron chi connectivity index (χ1n) is 4.77. The molecular formula is C8H20N2O3S. The summed E-state index contributed by atoms with van der Waals surface area (Å²) in [6.45, 7) is 4.93. The molecule has 0 aliphatic heterocycles. The fourth-order valence-corrected chi connectivity index (χ4v) is 1.92. The summed E-state index contributed by atoms with van der Waals surface area (Å²) < 4.78 is 30.1. The van der Waals surface area contributed by atoms with E-state index in [4.69, 9.17) is 10.5 Å². The highest BCUT2D eigenvalue weighted by atomic mass is 32.2. The molecule has 0 unspecified atom stereocenters. The summed E-state index contributed by atoms with van der Waals surface area (Å²) in [4.78, 5) is 0. The first-order chi connectivity index (χ1) is 6.48. The van der Waals surface area contributed by atoms with Crippen molar-refractivity contribution in [1.29, 1.82) is 0 Å². The molecule has 0 aliphatic rings. The lowest BCUT2D eigenvalue weighted by molar-refractivity contribution is 0.0834. The van der Waals surface area contributed by atoms with E-state index in [9.17, 15) is 8.42 Å². The molecule has 86 valence electrons. The Kier molecular flexibility index (Phi) is 7.08. The molecule has 0 aliphatic carbocycles. The number of rotatable bonds is 8. The van der Waals surface area contributed by atoms with Gasteiger partial charge < -0.3 is 10.5 Å². The van der Waals surface area contributed by atoms with Crippen molar-refractivity contribution >= 4 is 10.0 Å². The van der Waals surface area contributed by atoms with E-state index in [1.165, 1.54) is 0 Å². The summed E-state index contributed by atoms with van der Waals surface area (Å²) in [7, 11) is -3.15. The van der Waals surface area contributed by atoms with Crippen LogP contribution in [0.1, 0.15) is 20.3 Å². The molecule has 5 nitrogen and oxygen atoms in total. The average Bonchev–Trinajstić information content (AvgIpc) is 2.09. The summed E-state index contributed by atoms with van der Waals surface area (Å²) in [5.74, 6) is 0.0885. The predicted molar refractivity (Wildman–Crippen MR) is 56.5 cm³/mol. The maximum atomic E-state index is 11.2. The Morgan fingerprint density at radius 1 is 1.43 bits per heavy atom. The van der Waals surface area contributed by atoms with Gasteiger partial charge in [0.1, 0.15) is 0 Å². The van der Waals surface area contributed by atoms with E-state index in [1.807, 2.05) is 13.8 Å². The summed E-state index contributed by atoms with van der Waals surface area (Å²) in [5.41, 5.74) is 5.21. The van der Waals surface area contributed by atoms with E-state index in [2.05, 4.69) is 4.72 Å². The van der Waals surface area contributed by atoms with E-state index < -0.39 is 10.0 Å². The van der Waals surface area contributed by atoms with Crippen molar-refractivity contribution in [2.75, 3.05) is 25.4 Å². The van der Waals surface area contributed by atoms with Crippen LogP contribution in [0.5, 0.6) is 0 Å². The van der Waals surface area contributed by atoms with E-state index in [-0.39, 0.29) is 11.9 Å². The summed E-state index contributed by atoms with van der Waals surface area (Å²) in [5, 5.41) is 0. The van der Waals surface area contributed by atoms with E-state index in [0.29, 0.717) is 26.1 Å². The van der Waals surface area contributed by atoms with Gasteiger partial charge in [0.15, 0.2) is 0 Å². The zero-order chi connectivity index (χ0) is 11.0. The van der Waals surface area contributed by atoms with Gasteiger partial charge in [0.05, 0.1) is 18.5 Å². The van der Waals surface area contributed by atoms with Crippen molar-refractivity contribution < 1.29 is 13.2 Å². The van der Waals surface area contributed by atoms with Gasteiger partial charge in [-0.25, -0.2) is 13.1 Å². The maximum Gasteiger partial charge on any atom is 0.211 e. The second-order valence-electron chi connectivity index (χ2n) is 3.27. The van der Waals surface area contributed by atoms with Crippen LogP contribution in [0.4, 0.5) is 0 Å². The Bertz CT molecular complexity index is 227. The van der Waals surface area contributed by atoms with Gasteiger partial charge in [-0.3, -0.25) is 0 Å². The minimum absolute atomic E-state index is 0.0885. The molecule has 14 heavy (non-hydrogen) atoms. The molecular weight excluding hydrogens is 204 g/mol. The average molecular weight is 224 g/mol. The number of hydrogen-bond acceptors (Lipinski definition) is 4. The van der Waals surface area contributed by atoms with Crippen LogP contribution in [-0.2, 0) is 14.8 Å². The minimum Gasteiger partial charge on any atom is -0.377 e. The van der Waals surface area contributed by atoms with Gasteiger partial charge >= 0.3 is 0 Å². The molecule has 3 N–H and O–H groups in total. The molecule has 0 fully saturated rings. The number of sulfonamides is 1. The van der Waals surface area contributed by atoms with Gasteiger partial charge in [0, 0.05) is 6.54 Å². The van der Waals surface area contributed by atoms with Crippen molar-refractivity contribution in [3.63, 3.8) is 0 Å². The Morgan fingerprint density at radius 2 is 2.07 bits per heavy atom. The number of hydrogen-bond donors (Lipinski definition) is 2. The van der Waals surface area contributed by atoms with Gasteiger partial charge in [0.25, 0.3) is 0 Å². The molecule has 0 radical (unpaired) electrons. The molecule has 0 aromatic rings. The monoisotopic (exact) mass is 224 g/mol. The zero-order valence-electron chi connectivity index (χ0n) is 8.82. The van der Waals surface area contributed by atoms with Crippen LogP contribution in [0.2, 0.25) is 0 Å². The summed E-state index contributed by atoms with van der Waals surface area (Å²) in [6, 6.07) is 0. The minimum atomic E-state index is -3.15. The lowest BCUT2D eigenvalue weighted by atomic mass is 10.5.